The number of benzene rings is 1. The van der Waals surface area contributed by atoms with Crippen LogP contribution in [0.2, 0.25) is 0 Å². The molecule has 1 heterocycles. The van der Waals surface area contributed by atoms with Gasteiger partial charge in [0.05, 0.1) is 17.6 Å². The highest BCUT2D eigenvalue weighted by atomic mass is 15.5. The Balaban J connectivity index is 2.57. The lowest BCUT2D eigenvalue weighted by molar-refractivity contribution is 0.577. The number of aryl methyl sites for hydroxylation is 1. The van der Waals surface area contributed by atoms with Gasteiger partial charge in [0, 0.05) is 0 Å². The summed E-state index contributed by atoms with van der Waals surface area (Å²) in [6, 6.07) is 8.26. The third-order valence-electron chi connectivity index (χ3n) is 2.53. The zero-order valence-electron chi connectivity index (χ0n) is 10.2. The quantitative estimate of drug-likeness (QED) is 0.732. The van der Waals surface area contributed by atoms with Gasteiger partial charge in [0.25, 0.3) is 0 Å². The van der Waals surface area contributed by atoms with Gasteiger partial charge < -0.3 is 0 Å². The SMILES string of the molecule is Cc1cnn(-c2ccccc2C(C)(C)C)n1. The second-order valence-electron chi connectivity index (χ2n) is 5.04. The van der Waals surface area contributed by atoms with Gasteiger partial charge in [0.1, 0.15) is 0 Å². The van der Waals surface area contributed by atoms with E-state index in [4.69, 9.17) is 0 Å². The van der Waals surface area contributed by atoms with E-state index in [1.54, 1.807) is 11.0 Å². The van der Waals surface area contributed by atoms with Crippen LogP contribution in [0.15, 0.2) is 30.5 Å². The Hall–Kier alpha value is -1.64. The summed E-state index contributed by atoms with van der Waals surface area (Å²) >= 11 is 0. The van der Waals surface area contributed by atoms with E-state index >= 15 is 0 Å². The van der Waals surface area contributed by atoms with E-state index in [-0.39, 0.29) is 5.41 Å². The lowest BCUT2D eigenvalue weighted by Gasteiger charge is -2.21. The molecule has 84 valence electrons. The van der Waals surface area contributed by atoms with Crippen molar-refractivity contribution in [3.8, 4) is 5.69 Å². The molecule has 0 bridgehead atoms. The molecule has 0 aliphatic carbocycles. The van der Waals surface area contributed by atoms with Crippen LogP contribution in [0.3, 0.4) is 0 Å². The topological polar surface area (TPSA) is 30.7 Å². The molecule has 3 heteroatoms. The highest BCUT2D eigenvalue weighted by Gasteiger charge is 2.19. The van der Waals surface area contributed by atoms with Gasteiger partial charge in [-0.2, -0.15) is 15.0 Å². The molecule has 0 spiro atoms. The molecule has 0 saturated heterocycles. The van der Waals surface area contributed by atoms with Crippen molar-refractivity contribution in [2.75, 3.05) is 0 Å². The average molecular weight is 215 g/mol. The smallest absolute Gasteiger partial charge is 0.0893 e. The summed E-state index contributed by atoms with van der Waals surface area (Å²) in [5, 5.41) is 8.63. The van der Waals surface area contributed by atoms with E-state index in [0.29, 0.717) is 0 Å². The fourth-order valence-electron chi connectivity index (χ4n) is 1.74. The van der Waals surface area contributed by atoms with Crippen LogP contribution in [0.4, 0.5) is 0 Å². The standard InChI is InChI=1S/C13H17N3/c1-10-9-14-16(15-10)12-8-6-5-7-11(12)13(2,3)4/h5-9H,1-4H3. The molecule has 2 rings (SSSR count). The average Bonchev–Trinajstić information content (AvgIpc) is 2.64. The summed E-state index contributed by atoms with van der Waals surface area (Å²) in [6.07, 6.45) is 1.78. The highest BCUT2D eigenvalue weighted by Crippen LogP contribution is 2.27. The molecule has 0 unspecified atom stereocenters. The molecular formula is C13H17N3. The fraction of sp³-hybridized carbons (Fsp3) is 0.385. The zero-order chi connectivity index (χ0) is 11.8. The fourth-order valence-corrected chi connectivity index (χ4v) is 1.74. The molecule has 0 fully saturated rings. The van der Waals surface area contributed by atoms with Crippen LogP contribution in [0.5, 0.6) is 0 Å². The molecule has 0 radical (unpaired) electrons. The van der Waals surface area contributed by atoms with E-state index in [1.165, 1.54) is 5.56 Å². The Morgan fingerprint density at radius 3 is 2.38 bits per heavy atom. The lowest BCUT2D eigenvalue weighted by atomic mass is 9.86. The monoisotopic (exact) mass is 215 g/mol. The Morgan fingerprint density at radius 1 is 1.12 bits per heavy atom. The van der Waals surface area contributed by atoms with Crippen LogP contribution >= 0.6 is 0 Å². The number of aromatic nitrogens is 3. The lowest BCUT2D eigenvalue weighted by Crippen LogP contribution is -2.16. The summed E-state index contributed by atoms with van der Waals surface area (Å²) in [6.45, 7) is 8.54. The highest BCUT2D eigenvalue weighted by molar-refractivity contribution is 5.43. The van der Waals surface area contributed by atoms with Crippen molar-refractivity contribution in [2.24, 2.45) is 0 Å². The maximum Gasteiger partial charge on any atom is 0.0893 e. The van der Waals surface area contributed by atoms with Crippen LogP contribution in [-0.4, -0.2) is 15.0 Å². The first kappa shape index (κ1) is 10.9. The molecule has 0 aliphatic heterocycles. The Morgan fingerprint density at radius 2 is 1.81 bits per heavy atom. The molecule has 0 amide bonds. The van der Waals surface area contributed by atoms with Gasteiger partial charge in [-0.15, -0.1) is 0 Å². The molecule has 0 aliphatic rings. The van der Waals surface area contributed by atoms with E-state index in [9.17, 15) is 0 Å². The molecule has 1 aromatic carbocycles. The Labute approximate surface area is 96.1 Å². The minimum absolute atomic E-state index is 0.0954. The molecule has 0 saturated carbocycles. The summed E-state index contributed by atoms with van der Waals surface area (Å²) in [5.41, 5.74) is 3.34. The van der Waals surface area contributed by atoms with Gasteiger partial charge >= 0.3 is 0 Å². The molecule has 0 N–H and O–H groups in total. The molecule has 2 aromatic rings. The van der Waals surface area contributed by atoms with Crippen LogP contribution < -0.4 is 0 Å². The normalized spacial score (nSPS) is 11.8. The van der Waals surface area contributed by atoms with E-state index in [2.05, 4.69) is 49.2 Å². The Kier molecular flexibility index (Phi) is 2.54. The first-order valence-electron chi connectivity index (χ1n) is 5.47. The maximum atomic E-state index is 4.36. The van der Waals surface area contributed by atoms with E-state index in [0.717, 1.165) is 11.4 Å². The summed E-state index contributed by atoms with van der Waals surface area (Å²) in [5.74, 6) is 0. The molecule has 16 heavy (non-hydrogen) atoms. The van der Waals surface area contributed by atoms with Crippen molar-refractivity contribution in [2.45, 2.75) is 33.1 Å². The van der Waals surface area contributed by atoms with Crippen molar-refractivity contribution < 1.29 is 0 Å². The molecule has 1 aromatic heterocycles. The predicted octanol–water partition coefficient (Wildman–Crippen LogP) is 2.87. The predicted molar refractivity (Wildman–Crippen MR) is 64.8 cm³/mol. The first-order valence-corrected chi connectivity index (χ1v) is 5.47. The first-order chi connectivity index (χ1) is 7.48. The minimum Gasteiger partial charge on any atom is -0.157 e. The molecular weight excluding hydrogens is 198 g/mol. The number of rotatable bonds is 1. The zero-order valence-corrected chi connectivity index (χ0v) is 10.2. The largest absolute Gasteiger partial charge is 0.157 e. The molecule has 0 atom stereocenters. The van der Waals surface area contributed by atoms with Crippen LogP contribution in [-0.2, 0) is 5.41 Å². The maximum absolute atomic E-state index is 4.36. The summed E-state index contributed by atoms with van der Waals surface area (Å²) in [4.78, 5) is 1.70. The Bertz CT molecular complexity index is 492. The van der Waals surface area contributed by atoms with Crippen molar-refractivity contribution in [1.29, 1.82) is 0 Å². The van der Waals surface area contributed by atoms with Crippen LogP contribution in [0.25, 0.3) is 5.69 Å². The summed E-state index contributed by atoms with van der Waals surface area (Å²) in [7, 11) is 0. The van der Waals surface area contributed by atoms with Gasteiger partial charge in [-0.25, -0.2) is 0 Å². The van der Waals surface area contributed by atoms with Gasteiger partial charge in [-0.05, 0) is 24.0 Å². The van der Waals surface area contributed by atoms with Crippen LogP contribution in [0.1, 0.15) is 32.0 Å². The van der Waals surface area contributed by atoms with Gasteiger partial charge in [0.15, 0.2) is 0 Å². The third kappa shape index (κ3) is 1.98. The van der Waals surface area contributed by atoms with Crippen molar-refractivity contribution >= 4 is 0 Å². The third-order valence-corrected chi connectivity index (χ3v) is 2.53. The van der Waals surface area contributed by atoms with Crippen molar-refractivity contribution in [1.82, 2.24) is 15.0 Å². The van der Waals surface area contributed by atoms with Gasteiger partial charge in [-0.3, -0.25) is 0 Å². The van der Waals surface area contributed by atoms with Gasteiger partial charge in [-0.1, -0.05) is 39.0 Å². The number of hydrogen-bond acceptors (Lipinski definition) is 2. The van der Waals surface area contributed by atoms with Crippen LogP contribution in [0, 0.1) is 6.92 Å². The number of hydrogen-bond donors (Lipinski definition) is 0. The van der Waals surface area contributed by atoms with Gasteiger partial charge in [0.2, 0.25) is 0 Å². The summed E-state index contributed by atoms with van der Waals surface area (Å²) < 4.78 is 0. The minimum atomic E-state index is 0.0954. The number of nitrogens with zero attached hydrogens (tertiary/aromatic N) is 3. The number of para-hydroxylation sites is 1. The second kappa shape index (κ2) is 3.74. The van der Waals surface area contributed by atoms with E-state index in [1.807, 2.05) is 13.0 Å². The van der Waals surface area contributed by atoms with Crippen molar-refractivity contribution in [3.05, 3.63) is 41.7 Å². The second-order valence-corrected chi connectivity index (χ2v) is 5.04. The molecule has 3 nitrogen and oxygen atoms in total. The van der Waals surface area contributed by atoms with E-state index < -0.39 is 0 Å². The van der Waals surface area contributed by atoms with Crippen molar-refractivity contribution in [3.63, 3.8) is 0 Å².